The van der Waals surface area contributed by atoms with Crippen LogP contribution in [0.1, 0.15) is 42.9 Å². The fourth-order valence-electron chi connectivity index (χ4n) is 3.32. The predicted molar refractivity (Wildman–Crippen MR) is 79.8 cm³/mol. The first kappa shape index (κ1) is 13.7. The molecule has 106 valence electrons. The highest BCUT2D eigenvalue weighted by Gasteiger charge is 2.38. The molecule has 20 heavy (non-hydrogen) atoms. The molecule has 0 aliphatic heterocycles. The molecule has 0 amide bonds. The van der Waals surface area contributed by atoms with Crippen molar-refractivity contribution in [1.29, 1.82) is 0 Å². The number of benzene rings is 1. The number of hydrogen-bond donors (Lipinski definition) is 1. The van der Waals surface area contributed by atoms with Crippen LogP contribution in [0.4, 0.5) is 0 Å². The Morgan fingerprint density at radius 2 is 1.90 bits per heavy atom. The number of nitrogens with zero attached hydrogens (tertiary/aromatic N) is 2. The topological polar surface area (TPSA) is 38.0 Å². The van der Waals surface area contributed by atoms with Crippen molar-refractivity contribution >= 4 is 11.6 Å². The van der Waals surface area contributed by atoms with Gasteiger partial charge in [-0.05, 0) is 37.2 Å². The minimum Gasteiger partial charge on any atom is -0.384 e. The lowest BCUT2D eigenvalue weighted by Crippen LogP contribution is -2.33. The summed E-state index contributed by atoms with van der Waals surface area (Å²) in [4.78, 5) is 0. The Labute approximate surface area is 124 Å². The van der Waals surface area contributed by atoms with Crippen molar-refractivity contribution in [2.24, 2.45) is 7.05 Å². The monoisotopic (exact) mass is 290 g/mol. The maximum absolute atomic E-state index is 10.9. The average molecular weight is 291 g/mol. The molecule has 1 aromatic carbocycles. The summed E-state index contributed by atoms with van der Waals surface area (Å²) in [7, 11) is 1.84. The number of aryl methyl sites for hydroxylation is 1. The Morgan fingerprint density at radius 3 is 2.45 bits per heavy atom. The first-order valence-corrected chi connectivity index (χ1v) is 7.43. The smallest absolute Gasteiger partial charge is 0.108 e. The third-order valence-corrected chi connectivity index (χ3v) is 4.70. The third-order valence-electron chi connectivity index (χ3n) is 4.42. The standard InChI is InChI=1S/C16H19ClN2O/c1-19-15(14(17)11-18-19)16(20)9-7-13(8-10-16)12-5-3-2-4-6-12/h2-6,11,13,20H,7-10H2,1H3. The second kappa shape index (κ2) is 5.23. The second-order valence-electron chi connectivity index (χ2n) is 5.68. The normalized spacial score (nSPS) is 26.6. The van der Waals surface area contributed by atoms with Crippen LogP contribution in [0.2, 0.25) is 5.02 Å². The molecule has 4 heteroatoms. The van der Waals surface area contributed by atoms with Gasteiger partial charge in [-0.25, -0.2) is 0 Å². The van der Waals surface area contributed by atoms with Gasteiger partial charge in [-0.1, -0.05) is 41.9 Å². The number of aromatic nitrogens is 2. The van der Waals surface area contributed by atoms with E-state index in [4.69, 9.17) is 11.6 Å². The summed E-state index contributed by atoms with van der Waals surface area (Å²) in [6, 6.07) is 10.5. The van der Waals surface area contributed by atoms with Crippen LogP contribution in [0.5, 0.6) is 0 Å². The Morgan fingerprint density at radius 1 is 1.25 bits per heavy atom. The summed E-state index contributed by atoms with van der Waals surface area (Å²) in [5.74, 6) is 0.531. The Kier molecular flexibility index (Phi) is 3.57. The van der Waals surface area contributed by atoms with Gasteiger partial charge in [-0.2, -0.15) is 5.10 Å². The fraction of sp³-hybridized carbons (Fsp3) is 0.438. The zero-order valence-electron chi connectivity index (χ0n) is 11.6. The number of rotatable bonds is 2. The van der Waals surface area contributed by atoms with E-state index in [2.05, 4.69) is 29.4 Å². The molecule has 0 bridgehead atoms. The van der Waals surface area contributed by atoms with Crippen LogP contribution in [-0.2, 0) is 12.6 Å². The van der Waals surface area contributed by atoms with E-state index in [0.29, 0.717) is 10.9 Å². The summed E-state index contributed by atoms with van der Waals surface area (Å²) < 4.78 is 1.70. The van der Waals surface area contributed by atoms with Crippen LogP contribution < -0.4 is 0 Å². The van der Waals surface area contributed by atoms with E-state index < -0.39 is 5.60 Å². The molecule has 1 aromatic heterocycles. The van der Waals surface area contributed by atoms with Gasteiger partial charge in [0.1, 0.15) is 5.60 Å². The van der Waals surface area contributed by atoms with Gasteiger partial charge in [0.25, 0.3) is 0 Å². The summed E-state index contributed by atoms with van der Waals surface area (Å²) in [5.41, 5.74) is 1.28. The van der Waals surface area contributed by atoms with Gasteiger partial charge in [-0.15, -0.1) is 0 Å². The van der Waals surface area contributed by atoms with E-state index in [1.807, 2.05) is 13.1 Å². The minimum absolute atomic E-state index is 0.531. The zero-order valence-corrected chi connectivity index (χ0v) is 12.3. The maximum Gasteiger partial charge on any atom is 0.108 e. The lowest BCUT2D eigenvalue weighted by Gasteiger charge is -2.36. The van der Waals surface area contributed by atoms with Crippen LogP contribution in [-0.4, -0.2) is 14.9 Å². The number of halogens is 1. The molecule has 0 spiro atoms. The summed E-state index contributed by atoms with van der Waals surface area (Å²) in [5, 5.41) is 15.6. The molecule has 1 aliphatic carbocycles. The summed E-state index contributed by atoms with van der Waals surface area (Å²) in [6.45, 7) is 0. The molecule has 1 aliphatic rings. The van der Waals surface area contributed by atoms with Gasteiger partial charge in [-0.3, -0.25) is 4.68 Å². The van der Waals surface area contributed by atoms with Crippen LogP contribution in [0.25, 0.3) is 0 Å². The molecule has 3 rings (SSSR count). The largest absolute Gasteiger partial charge is 0.384 e. The van der Waals surface area contributed by atoms with Gasteiger partial charge >= 0.3 is 0 Å². The summed E-state index contributed by atoms with van der Waals surface area (Å²) in [6.07, 6.45) is 5.01. The Balaban J connectivity index is 1.78. The van der Waals surface area contributed by atoms with Crippen molar-refractivity contribution in [2.45, 2.75) is 37.2 Å². The van der Waals surface area contributed by atoms with Crippen LogP contribution >= 0.6 is 11.6 Å². The van der Waals surface area contributed by atoms with E-state index in [1.165, 1.54) is 5.56 Å². The molecule has 1 fully saturated rings. The van der Waals surface area contributed by atoms with Crippen molar-refractivity contribution in [3.05, 3.63) is 52.8 Å². The van der Waals surface area contributed by atoms with Gasteiger partial charge < -0.3 is 5.11 Å². The highest BCUT2D eigenvalue weighted by Crippen LogP contribution is 2.44. The molecule has 0 unspecified atom stereocenters. The Bertz CT molecular complexity index is 566. The first-order chi connectivity index (χ1) is 9.60. The van der Waals surface area contributed by atoms with Crippen molar-refractivity contribution in [3.63, 3.8) is 0 Å². The molecule has 0 atom stereocenters. The van der Waals surface area contributed by atoms with Crippen molar-refractivity contribution in [3.8, 4) is 0 Å². The zero-order chi connectivity index (χ0) is 14.2. The van der Waals surface area contributed by atoms with E-state index in [-0.39, 0.29) is 0 Å². The fourth-order valence-corrected chi connectivity index (χ4v) is 3.67. The quantitative estimate of drug-likeness (QED) is 0.917. The van der Waals surface area contributed by atoms with Crippen LogP contribution in [0.3, 0.4) is 0 Å². The van der Waals surface area contributed by atoms with E-state index in [9.17, 15) is 5.11 Å². The van der Waals surface area contributed by atoms with Gasteiger partial charge in [0, 0.05) is 7.05 Å². The van der Waals surface area contributed by atoms with E-state index in [0.717, 1.165) is 31.4 Å². The van der Waals surface area contributed by atoms with Crippen LogP contribution in [0.15, 0.2) is 36.5 Å². The summed E-state index contributed by atoms with van der Waals surface area (Å²) >= 11 is 6.18. The lowest BCUT2D eigenvalue weighted by molar-refractivity contribution is -0.0127. The maximum atomic E-state index is 10.9. The molecular weight excluding hydrogens is 272 g/mol. The van der Waals surface area contributed by atoms with Crippen LogP contribution in [0, 0.1) is 0 Å². The molecule has 3 nitrogen and oxygen atoms in total. The molecule has 0 radical (unpaired) electrons. The third kappa shape index (κ3) is 2.36. The highest BCUT2D eigenvalue weighted by atomic mass is 35.5. The van der Waals surface area contributed by atoms with Gasteiger partial charge in [0.2, 0.25) is 0 Å². The molecular formula is C16H19ClN2O. The number of aliphatic hydroxyl groups is 1. The predicted octanol–water partition coefficient (Wildman–Crippen LogP) is 3.62. The van der Waals surface area contributed by atoms with Gasteiger partial charge in [0.05, 0.1) is 16.9 Å². The van der Waals surface area contributed by atoms with Gasteiger partial charge in [0.15, 0.2) is 0 Å². The first-order valence-electron chi connectivity index (χ1n) is 7.05. The van der Waals surface area contributed by atoms with Crippen molar-refractivity contribution < 1.29 is 5.11 Å². The lowest BCUT2D eigenvalue weighted by atomic mass is 9.74. The van der Waals surface area contributed by atoms with E-state index >= 15 is 0 Å². The molecule has 1 saturated carbocycles. The number of hydrogen-bond acceptors (Lipinski definition) is 2. The van der Waals surface area contributed by atoms with Crippen molar-refractivity contribution in [1.82, 2.24) is 9.78 Å². The minimum atomic E-state index is -0.840. The molecule has 1 N–H and O–H groups in total. The Hall–Kier alpha value is -1.32. The SMILES string of the molecule is Cn1ncc(Cl)c1C1(O)CCC(c2ccccc2)CC1. The molecule has 1 heterocycles. The van der Waals surface area contributed by atoms with E-state index in [1.54, 1.807) is 10.9 Å². The highest BCUT2D eigenvalue weighted by molar-refractivity contribution is 6.31. The second-order valence-corrected chi connectivity index (χ2v) is 6.09. The van der Waals surface area contributed by atoms with Crippen molar-refractivity contribution in [2.75, 3.05) is 0 Å². The average Bonchev–Trinajstić information content (AvgIpc) is 2.80. The molecule has 2 aromatic rings. The molecule has 0 saturated heterocycles.